The highest BCUT2D eigenvalue weighted by atomic mass is 32.1. The number of hydrogen-bond acceptors (Lipinski definition) is 5. The molecule has 1 unspecified atom stereocenters. The number of rotatable bonds is 7. The molecule has 2 aliphatic rings. The zero-order chi connectivity index (χ0) is 26.9. The molecule has 5 rings (SSSR count). The number of fused-ring (bicyclic) bond motifs is 1. The van der Waals surface area contributed by atoms with Gasteiger partial charge in [0.05, 0.1) is 11.3 Å². The molecule has 38 heavy (non-hydrogen) atoms. The van der Waals surface area contributed by atoms with Crippen LogP contribution in [0.4, 0.5) is 5.13 Å². The molecule has 2 atom stereocenters. The number of carbonyl (C=O) groups is 3. The molecule has 7 nitrogen and oxygen atoms in total. The summed E-state index contributed by atoms with van der Waals surface area (Å²) in [4.78, 5) is 42.9. The predicted octanol–water partition coefficient (Wildman–Crippen LogP) is 6.28. The summed E-state index contributed by atoms with van der Waals surface area (Å²) in [5.41, 5.74) is 3.80. The summed E-state index contributed by atoms with van der Waals surface area (Å²) in [6.45, 7) is 6.00. The number of nitrogens with zero attached hydrogens (tertiary/aromatic N) is 2. The molecule has 0 radical (unpaired) electrons. The number of nitrogens with one attached hydrogen (secondary N) is 2. The third kappa shape index (κ3) is 5.36. The highest BCUT2D eigenvalue weighted by Gasteiger charge is 2.33. The summed E-state index contributed by atoms with van der Waals surface area (Å²) < 4.78 is 2.10. The van der Waals surface area contributed by atoms with Crippen LogP contribution in [0.15, 0.2) is 48.1 Å². The topological polar surface area (TPSA) is 93.1 Å². The first-order chi connectivity index (χ1) is 18.3. The van der Waals surface area contributed by atoms with Crippen LogP contribution in [0.1, 0.15) is 85.6 Å². The van der Waals surface area contributed by atoms with E-state index in [1.807, 2.05) is 36.0 Å². The lowest BCUT2D eigenvalue weighted by Crippen LogP contribution is -2.41. The van der Waals surface area contributed by atoms with Gasteiger partial charge in [-0.1, -0.05) is 31.2 Å². The minimum Gasteiger partial charge on any atom is -0.348 e. The quantitative estimate of drug-likeness (QED) is 0.376. The molecular weight excluding hydrogens is 496 g/mol. The van der Waals surface area contributed by atoms with Crippen molar-refractivity contribution in [2.45, 2.75) is 70.9 Å². The van der Waals surface area contributed by atoms with Crippen molar-refractivity contribution in [1.82, 2.24) is 14.9 Å². The van der Waals surface area contributed by atoms with E-state index < -0.39 is 6.04 Å². The van der Waals surface area contributed by atoms with Crippen molar-refractivity contribution in [1.29, 1.82) is 0 Å². The zero-order valence-electron chi connectivity index (χ0n) is 22.1. The van der Waals surface area contributed by atoms with Gasteiger partial charge in [-0.3, -0.25) is 14.4 Å². The summed E-state index contributed by atoms with van der Waals surface area (Å²) >= 11 is 1.31. The molecule has 2 amide bonds. The number of thiazole rings is 1. The van der Waals surface area contributed by atoms with Crippen LogP contribution in [0, 0.1) is 5.92 Å². The number of benzene rings is 1. The second-order valence-corrected chi connectivity index (χ2v) is 11.5. The Balaban J connectivity index is 1.22. The fourth-order valence-corrected chi connectivity index (χ4v) is 5.79. The Morgan fingerprint density at radius 3 is 2.82 bits per heavy atom. The number of ketones is 1. The van der Waals surface area contributed by atoms with Crippen molar-refractivity contribution in [2.75, 3.05) is 5.32 Å². The van der Waals surface area contributed by atoms with E-state index in [-0.39, 0.29) is 23.1 Å². The van der Waals surface area contributed by atoms with E-state index in [9.17, 15) is 14.4 Å². The van der Waals surface area contributed by atoms with Gasteiger partial charge in [-0.05, 0) is 69.6 Å². The van der Waals surface area contributed by atoms with E-state index in [0.717, 1.165) is 36.8 Å². The van der Waals surface area contributed by atoms with Crippen LogP contribution in [-0.2, 0) is 10.3 Å². The number of allylic oxidation sites excluding steroid dienone is 1. The number of hydrogen-bond donors (Lipinski definition) is 2. The van der Waals surface area contributed by atoms with E-state index in [2.05, 4.69) is 46.2 Å². The summed E-state index contributed by atoms with van der Waals surface area (Å²) in [6, 6.07) is 6.88. The third-order valence-electron chi connectivity index (χ3n) is 7.95. The standard InChI is InChI=1S/C30H34N4O3S/c1-4-20-6-8-21-9-10-22(16-24(21)26(35)11-7-20)25-18-38-29(32-25)33-27(36)19(2)31-28(37)23-12-15-34(17-23)30(3)13-5-14-30/h6,8-10,12,15-20H,4-5,7,11,13-14H2,1-3H3,(H,31,37)(H,32,33,36)/b8-6-/t19-,20?/m0/s1. The molecule has 0 saturated heterocycles. The van der Waals surface area contributed by atoms with Gasteiger partial charge in [0.25, 0.3) is 5.91 Å². The van der Waals surface area contributed by atoms with Crippen molar-refractivity contribution >= 4 is 40.1 Å². The summed E-state index contributed by atoms with van der Waals surface area (Å²) in [7, 11) is 0. The van der Waals surface area contributed by atoms with Crippen molar-refractivity contribution in [3.63, 3.8) is 0 Å². The van der Waals surface area contributed by atoms with Crippen LogP contribution in [0.5, 0.6) is 0 Å². The molecule has 2 aromatic heterocycles. The molecule has 198 valence electrons. The van der Waals surface area contributed by atoms with Crippen molar-refractivity contribution in [3.8, 4) is 11.3 Å². The second-order valence-electron chi connectivity index (χ2n) is 10.7. The Morgan fingerprint density at radius 1 is 1.26 bits per heavy atom. The zero-order valence-corrected chi connectivity index (χ0v) is 22.9. The molecule has 2 N–H and O–H groups in total. The molecule has 1 aromatic carbocycles. The normalized spacial score (nSPS) is 19.9. The summed E-state index contributed by atoms with van der Waals surface area (Å²) in [6.07, 6.45) is 13.9. The number of aromatic nitrogens is 2. The van der Waals surface area contributed by atoms with Crippen molar-refractivity contribution < 1.29 is 14.4 Å². The molecule has 1 saturated carbocycles. The largest absolute Gasteiger partial charge is 0.348 e. The first-order valence-electron chi connectivity index (χ1n) is 13.4. The fraction of sp³-hybridized carbons (Fsp3) is 0.400. The molecule has 3 aromatic rings. The lowest BCUT2D eigenvalue weighted by Gasteiger charge is -2.40. The highest BCUT2D eigenvalue weighted by molar-refractivity contribution is 7.14. The Morgan fingerprint density at radius 2 is 2.08 bits per heavy atom. The van der Waals surface area contributed by atoms with Gasteiger partial charge in [0, 0.05) is 40.9 Å². The Kier molecular flexibility index (Phi) is 7.34. The first-order valence-corrected chi connectivity index (χ1v) is 14.3. The van der Waals surface area contributed by atoms with E-state index in [0.29, 0.717) is 34.3 Å². The number of Topliss-reactive ketones (excluding diaryl/α,β-unsaturated/α-hetero) is 1. The predicted molar refractivity (Wildman–Crippen MR) is 151 cm³/mol. The van der Waals surface area contributed by atoms with Crippen molar-refractivity contribution in [3.05, 3.63) is 64.8 Å². The van der Waals surface area contributed by atoms with Gasteiger partial charge >= 0.3 is 0 Å². The minimum absolute atomic E-state index is 0.0861. The Hall–Kier alpha value is -3.52. The van der Waals surface area contributed by atoms with E-state index in [4.69, 9.17) is 0 Å². The molecular formula is C30H34N4O3S. The first kappa shape index (κ1) is 26.1. The summed E-state index contributed by atoms with van der Waals surface area (Å²) in [5, 5.41) is 7.89. The molecule has 0 aliphatic heterocycles. The van der Waals surface area contributed by atoms with Gasteiger partial charge in [0.15, 0.2) is 10.9 Å². The SMILES string of the molecule is CCC1/C=C\c2ccc(-c3csc(NC(=O)[C@H](C)NC(=O)c4ccn(C5(C)CCC5)c4)n3)cc2C(=O)CC1. The lowest BCUT2D eigenvalue weighted by molar-refractivity contribution is -0.117. The van der Waals surface area contributed by atoms with Crippen LogP contribution < -0.4 is 10.6 Å². The number of carbonyl (C=O) groups excluding carboxylic acids is 3. The van der Waals surface area contributed by atoms with Crippen LogP contribution in [0.25, 0.3) is 17.3 Å². The highest BCUT2D eigenvalue weighted by Crippen LogP contribution is 2.38. The van der Waals surface area contributed by atoms with Gasteiger partial charge in [-0.2, -0.15) is 0 Å². The average Bonchev–Trinajstić information content (AvgIpc) is 3.56. The third-order valence-corrected chi connectivity index (χ3v) is 8.71. The van der Waals surface area contributed by atoms with Gasteiger partial charge < -0.3 is 15.2 Å². The molecule has 2 aliphatic carbocycles. The van der Waals surface area contributed by atoms with Crippen LogP contribution in [0.2, 0.25) is 0 Å². The average molecular weight is 531 g/mol. The number of anilines is 1. The van der Waals surface area contributed by atoms with Gasteiger partial charge in [-0.15, -0.1) is 11.3 Å². The van der Waals surface area contributed by atoms with E-state index >= 15 is 0 Å². The Labute approximate surface area is 227 Å². The maximum atomic E-state index is 12.8. The minimum atomic E-state index is -0.731. The van der Waals surface area contributed by atoms with Crippen molar-refractivity contribution in [2.24, 2.45) is 5.92 Å². The molecule has 2 heterocycles. The lowest BCUT2D eigenvalue weighted by atomic mass is 9.78. The van der Waals surface area contributed by atoms with Crippen LogP contribution >= 0.6 is 11.3 Å². The van der Waals surface area contributed by atoms with Crippen LogP contribution in [-0.4, -0.2) is 33.2 Å². The maximum Gasteiger partial charge on any atom is 0.253 e. The molecule has 0 bridgehead atoms. The Bertz CT molecular complexity index is 1400. The van der Waals surface area contributed by atoms with Gasteiger partial charge in [-0.25, -0.2) is 4.98 Å². The van der Waals surface area contributed by atoms with Gasteiger partial charge in [0.2, 0.25) is 5.91 Å². The van der Waals surface area contributed by atoms with Gasteiger partial charge in [0.1, 0.15) is 6.04 Å². The molecule has 8 heteroatoms. The second kappa shape index (κ2) is 10.7. The maximum absolute atomic E-state index is 12.8. The smallest absolute Gasteiger partial charge is 0.253 e. The van der Waals surface area contributed by atoms with E-state index in [1.54, 1.807) is 13.0 Å². The molecule has 0 spiro atoms. The van der Waals surface area contributed by atoms with E-state index in [1.165, 1.54) is 17.8 Å². The molecule has 1 fully saturated rings. The summed E-state index contributed by atoms with van der Waals surface area (Å²) in [5.74, 6) is -0.0388. The fourth-order valence-electron chi connectivity index (χ4n) is 5.07. The number of amides is 2. The van der Waals surface area contributed by atoms with Crippen LogP contribution in [0.3, 0.4) is 0 Å². The monoisotopic (exact) mass is 530 g/mol.